The molecule has 0 radical (unpaired) electrons. The molecule has 0 aliphatic heterocycles. The molecule has 0 spiro atoms. The van der Waals surface area contributed by atoms with Gasteiger partial charge in [-0.25, -0.2) is 8.42 Å². The van der Waals surface area contributed by atoms with E-state index in [4.69, 9.17) is 5.73 Å². The summed E-state index contributed by atoms with van der Waals surface area (Å²) in [4.78, 5) is 0.307. The highest BCUT2D eigenvalue weighted by Crippen LogP contribution is 2.21. The molecule has 0 aliphatic carbocycles. The molecule has 0 saturated heterocycles. The highest BCUT2D eigenvalue weighted by atomic mass is 32.2. The van der Waals surface area contributed by atoms with E-state index in [0.717, 1.165) is 5.56 Å². The number of hydrogen-bond acceptors (Lipinski definition) is 3. The monoisotopic (exact) mass is 279 g/mol. The maximum absolute atomic E-state index is 12.4. The molecule has 0 atom stereocenters. The fourth-order valence-corrected chi connectivity index (χ4v) is 3.69. The molecule has 0 heterocycles. The Morgan fingerprint density at radius 1 is 1.16 bits per heavy atom. The second-order valence-electron chi connectivity index (χ2n) is 4.92. The van der Waals surface area contributed by atoms with Crippen LogP contribution in [0.4, 0.5) is 0 Å². The highest BCUT2D eigenvalue weighted by molar-refractivity contribution is 7.91. The zero-order chi connectivity index (χ0) is 14.5. The van der Waals surface area contributed by atoms with Gasteiger partial charge in [-0.2, -0.15) is 0 Å². The van der Waals surface area contributed by atoms with Gasteiger partial charge in [0.2, 0.25) is 0 Å². The lowest BCUT2D eigenvalue weighted by molar-refractivity contribution is 0.474. The first kappa shape index (κ1) is 15.7. The zero-order valence-electron chi connectivity index (χ0n) is 11.3. The van der Waals surface area contributed by atoms with Gasteiger partial charge in [0.1, 0.15) is 0 Å². The molecule has 0 aliphatic rings. The molecule has 0 saturated carbocycles. The fraction of sp³-hybridized carbons (Fsp3) is 0.333. The van der Waals surface area contributed by atoms with Crippen LogP contribution < -0.4 is 5.73 Å². The smallest absolute Gasteiger partial charge is 0.180 e. The molecule has 0 unspecified atom stereocenters. The average Bonchev–Trinajstić information content (AvgIpc) is 2.28. The van der Waals surface area contributed by atoms with Gasteiger partial charge >= 0.3 is 0 Å². The predicted molar refractivity (Wildman–Crippen MR) is 79.8 cm³/mol. The third-order valence-corrected chi connectivity index (χ3v) is 4.90. The Labute approximate surface area is 115 Å². The Balaban J connectivity index is 3.03. The Hall–Kier alpha value is -1.39. The number of benzene rings is 1. The van der Waals surface area contributed by atoms with Gasteiger partial charge in [-0.05, 0) is 31.9 Å². The molecule has 1 rings (SSSR count). The van der Waals surface area contributed by atoms with Crippen molar-refractivity contribution in [3.8, 4) is 0 Å². The summed E-state index contributed by atoms with van der Waals surface area (Å²) in [6.45, 7) is 9.18. The van der Waals surface area contributed by atoms with Crippen molar-refractivity contribution in [1.29, 1.82) is 0 Å². The minimum atomic E-state index is -3.40. The van der Waals surface area contributed by atoms with E-state index in [1.54, 1.807) is 36.4 Å². The lowest BCUT2D eigenvalue weighted by atomic mass is 9.95. The van der Waals surface area contributed by atoms with E-state index in [9.17, 15) is 8.42 Å². The van der Waals surface area contributed by atoms with Gasteiger partial charge in [-0.1, -0.05) is 29.8 Å². The maximum Gasteiger partial charge on any atom is 0.180 e. The van der Waals surface area contributed by atoms with Gasteiger partial charge in [0.25, 0.3) is 0 Å². The molecule has 1 aromatic rings. The summed E-state index contributed by atoms with van der Waals surface area (Å²) in [6.07, 6.45) is 4.16. The molecule has 19 heavy (non-hydrogen) atoms. The first-order valence-corrected chi connectivity index (χ1v) is 7.78. The van der Waals surface area contributed by atoms with Crippen LogP contribution in [-0.2, 0) is 9.84 Å². The number of aryl methyl sites for hydroxylation is 1. The summed E-state index contributed by atoms with van der Waals surface area (Å²) in [6, 6.07) is 6.80. The predicted octanol–water partition coefficient (Wildman–Crippen LogP) is 2.62. The Kier molecular flexibility index (Phi) is 5.09. The minimum absolute atomic E-state index is 0.110. The van der Waals surface area contributed by atoms with Gasteiger partial charge in [-0.15, -0.1) is 13.2 Å². The molecule has 2 N–H and O–H groups in total. The van der Waals surface area contributed by atoms with Crippen molar-refractivity contribution in [1.82, 2.24) is 0 Å². The molecule has 1 aromatic carbocycles. The molecule has 0 amide bonds. The van der Waals surface area contributed by atoms with Crippen molar-refractivity contribution in [3.63, 3.8) is 0 Å². The third kappa shape index (κ3) is 4.33. The summed E-state index contributed by atoms with van der Waals surface area (Å²) in [5, 5.41) is 0. The molecule has 0 bridgehead atoms. The molecule has 0 fully saturated rings. The van der Waals surface area contributed by atoms with Crippen LogP contribution in [0.15, 0.2) is 54.5 Å². The van der Waals surface area contributed by atoms with Crippen molar-refractivity contribution in [2.24, 2.45) is 5.73 Å². The van der Waals surface area contributed by atoms with Crippen LogP contribution in [0, 0.1) is 6.92 Å². The Morgan fingerprint density at radius 3 is 2.05 bits per heavy atom. The number of nitrogens with two attached hydrogens (primary N) is 1. The standard InChI is InChI=1S/C15H21NO2S/c1-4-10-15(16,11-5-2)12-19(17,18)14-8-6-13(3)7-9-14/h4-9H,1-2,10-12,16H2,3H3. The van der Waals surface area contributed by atoms with Gasteiger partial charge in [0.05, 0.1) is 10.6 Å². The van der Waals surface area contributed by atoms with E-state index >= 15 is 0 Å². The van der Waals surface area contributed by atoms with Crippen LogP contribution in [0.5, 0.6) is 0 Å². The quantitative estimate of drug-likeness (QED) is 0.780. The van der Waals surface area contributed by atoms with Crippen LogP contribution in [0.1, 0.15) is 18.4 Å². The van der Waals surface area contributed by atoms with E-state index in [1.807, 2.05) is 6.92 Å². The Bertz CT molecular complexity index is 534. The van der Waals surface area contributed by atoms with Gasteiger partial charge in [0.15, 0.2) is 9.84 Å². The molecule has 0 aromatic heterocycles. The second-order valence-corrected chi connectivity index (χ2v) is 6.91. The van der Waals surface area contributed by atoms with Crippen molar-refractivity contribution >= 4 is 9.84 Å². The van der Waals surface area contributed by atoms with Crippen molar-refractivity contribution in [2.45, 2.75) is 30.2 Å². The first-order valence-electron chi connectivity index (χ1n) is 6.13. The van der Waals surface area contributed by atoms with E-state index in [0.29, 0.717) is 17.7 Å². The summed E-state index contributed by atoms with van der Waals surface area (Å²) in [5.74, 6) is -0.110. The zero-order valence-corrected chi connectivity index (χ0v) is 12.1. The van der Waals surface area contributed by atoms with Crippen molar-refractivity contribution in [2.75, 3.05) is 5.75 Å². The largest absolute Gasteiger partial charge is 0.324 e. The van der Waals surface area contributed by atoms with Gasteiger partial charge < -0.3 is 5.73 Å². The summed E-state index contributed by atoms with van der Waals surface area (Å²) in [7, 11) is -3.40. The van der Waals surface area contributed by atoms with Gasteiger partial charge in [-0.3, -0.25) is 0 Å². The van der Waals surface area contributed by atoms with Crippen molar-refractivity contribution in [3.05, 3.63) is 55.1 Å². The second kappa shape index (κ2) is 6.17. The van der Waals surface area contributed by atoms with E-state index in [2.05, 4.69) is 13.2 Å². The van der Waals surface area contributed by atoms with E-state index in [1.165, 1.54) is 0 Å². The van der Waals surface area contributed by atoms with Crippen molar-refractivity contribution < 1.29 is 8.42 Å². The fourth-order valence-electron chi connectivity index (χ4n) is 1.98. The average molecular weight is 279 g/mol. The summed E-state index contributed by atoms with van der Waals surface area (Å²) >= 11 is 0. The van der Waals surface area contributed by atoms with Crippen LogP contribution in [0.2, 0.25) is 0 Å². The SMILES string of the molecule is C=CCC(N)(CC=C)CS(=O)(=O)c1ccc(C)cc1. The number of rotatable bonds is 7. The maximum atomic E-state index is 12.4. The third-order valence-electron chi connectivity index (χ3n) is 2.96. The molecule has 104 valence electrons. The van der Waals surface area contributed by atoms with E-state index < -0.39 is 15.4 Å². The van der Waals surface area contributed by atoms with Crippen LogP contribution in [0.3, 0.4) is 0 Å². The normalized spacial score (nSPS) is 12.1. The van der Waals surface area contributed by atoms with Crippen LogP contribution >= 0.6 is 0 Å². The lowest BCUT2D eigenvalue weighted by Gasteiger charge is -2.26. The Morgan fingerprint density at radius 2 is 1.63 bits per heavy atom. The number of sulfone groups is 1. The lowest BCUT2D eigenvalue weighted by Crippen LogP contribution is -2.45. The highest BCUT2D eigenvalue weighted by Gasteiger charge is 2.30. The summed E-state index contributed by atoms with van der Waals surface area (Å²) < 4.78 is 24.7. The molecule has 3 nitrogen and oxygen atoms in total. The number of hydrogen-bond donors (Lipinski definition) is 1. The molecule has 4 heteroatoms. The minimum Gasteiger partial charge on any atom is -0.324 e. The first-order chi connectivity index (χ1) is 8.83. The summed E-state index contributed by atoms with van der Waals surface area (Å²) in [5.41, 5.74) is 6.33. The van der Waals surface area contributed by atoms with Crippen LogP contribution in [0.25, 0.3) is 0 Å². The molecular weight excluding hydrogens is 258 g/mol. The van der Waals surface area contributed by atoms with Crippen LogP contribution in [-0.4, -0.2) is 19.7 Å². The van der Waals surface area contributed by atoms with Gasteiger partial charge in [0, 0.05) is 5.54 Å². The van der Waals surface area contributed by atoms with E-state index in [-0.39, 0.29) is 5.75 Å². The topological polar surface area (TPSA) is 60.2 Å². The molecular formula is C15H21NO2S.